The Morgan fingerprint density at radius 2 is 2.35 bits per heavy atom. The first-order valence-electron chi connectivity index (χ1n) is 6.35. The lowest BCUT2D eigenvalue weighted by molar-refractivity contribution is -0.0408. The first-order chi connectivity index (χ1) is 8.02. The van der Waals surface area contributed by atoms with Crippen molar-refractivity contribution in [3.8, 4) is 0 Å². The van der Waals surface area contributed by atoms with E-state index in [0.29, 0.717) is 12.3 Å². The average Bonchev–Trinajstić information content (AvgIpc) is 2.76. The second-order valence-electron chi connectivity index (χ2n) is 5.07. The predicted octanol–water partition coefficient (Wildman–Crippen LogP) is 4.95. The molecule has 1 heterocycles. The molecule has 0 spiro atoms. The molecule has 1 aliphatic carbocycles. The third kappa shape index (κ3) is 3.03. The molecule has 17 heavy (non-hydrogen) atoms. The molecule has 0 amide bonds. The fourth-order valence-electron chi connectivity index (χ4n) is 2.31. The summed E-state index contributed by atoms with van der Waals surface area (Å²) in [5.41, 5.74) is 1.07. The molecule has 0 N–H and O–H groups in total. The lowest BCUT2D eigenvalue weighted by Gasteiger charge is -2.27. The quantitative estimate of drug-likeness (QED) is 0.748. The molecule has 1 saturated carbocycles. The van der Waals surface area contributed by atoms with Crippen molar-refractivity contribution in [3.05, 3.63) is 16.1 Å². The summed E-state index contributed by atoms with van der Waals surface area (Å²) in [5.74, 6) is -2.07. The largest absolute Gasteiger partial charge is 0.248 e. The van der Waals surface area contributed by atoms with Gasteiger partial charge in [-0.25, -0.2) is 13.8 Å². The van der Waals surface area contributed by atoms with Crippen molar-refractivity contribution < 1.29 is 8.78 Å². The van der Waals surface area contributed by atoms with Gasteiger partial charge in [0.05, 0.1) is 10.7 Å². The molecule has 0 radical (unpaired) electrons. The summed E-state index contributed by atoms with van der Waals surface area (Å²) in [5, 5.41) is 2.95. The van der Waals surface area contributed by atoms with Crippen LogP contribution < -0.4 is 0 Å². The fraction of sp³-hybridized carbons (Fsp3) is 0.769. The number of hydrogen-bond acceptors (Lipinski definition) is 2. The van der Waals surface area contributed by atoms with Crippen molar-refractivity contribution in [1.29, 1.82) is 0 Å². The standard InChI is InChI=1S/C13H19F2NS/c1-3-9(2)11-8-17-12(16-11)10-5-4-6-13(14,15)7-10/h8-10H,3-7H2,1-2H3. The van der Waals surface area contributed by atoms with Crippen LogP contribution in [0, 0.1) is 0 Å². The van der Waals surface area contributed by atoms with Gasteiger partial charge in [0.1, 0.15) is 0 Å². The minimum Gasteiger partial charge on any atom is -0.246 e. The van der Waals surface area contributed by atoms with E-state index in [-0.39, 0.29) is 18.8 Å². The van der Waals surface area contributed by atoms with Gasteiger partial charge in [0.15, 0.2) is 0 Å². The molecule has 1 aromatic rings. The molecule has 1 fully saturated rings. The molecule has 4 heteroatoms. The smallest absolute Gasteiger partial charge is 0.246 e. The molecule has 2 unspecified atom stereocenters. The lowest BCUT2D eigenvalue weighted by atomic mass is 9.87. The Labute approximate surface area is 105 Å². The van der Waals surface area contributed by atoms with Crippen LogP contribution in [0.15, 0.2) is 5.38 Å². The Morgan fingerprint density at radius 1 is 1.59 bits per heavy atom. The average molecular weight is 259 g/mol. The minimum absolute atomic E-state index is 0.0134. The van der Waals surface area contributed by atoms with Gasteiger partial charge in [-0.2, -0.15) is 0 Å². The monoisotopic (exact) mass is 259 g/mol. The Morgan fingerprint density at radius 3 is 3.00 bits per heavy atom. The van der Waals surface area contributed by atoms with E-state index in [1.807, 2.05) is 5.38 Å². The number of nitrogens with zero attached hydrogens (tertiary/aromatic N) is 1. The van der Waals surface area contributed by atoms with E-state index in [0.717, 1.165) is 23.5 Å². The van der Waals surface area contributed by atoms with Crippen molar-refractivity contribution in [2.45, 2.75) is 63.7 Å². The summed E-state index contributed by atoms with van der Waals surface area (Å²) < 4.78 is 26.7. The Hall–Kier alpha value is -0.510. The normalized spacial score (nSPS) is 25.8. The number of thiazole rings is 1. The maximum Gasteiger partial charge on any atom is 0.248 e. The number of hydrogen-bond donors (Lipinski definition) is 0. The Bertz CT molecular complexity index is 375. The first kappa shape index (κ1) is 12.9. The van der Waals surface area contributed by atoms with Gasteiger partial charge in [0.2, 0.25) is 5.92 Å². The molecule has 96 valence electrons. The van der Waals surface area contributed by atoms with Crippen LogP contribution in [0.4, 0.5) is 8.78 Å². The third-order valence-electron chi connectivity index (χ3n) is 3.65. The molecule has 1 aliphatic rings. The summed E-state index contributed by atoms with van der Waals surface area (Å²) >= 11 is 1.56. The minimum atomic E-state index is -2.48. The fourth-order valence-corrected chi connectivity index (χ4v) is 3.38. The maximum atomic E-state index is 13.3. The zero-order chi connectivity index (χ0) is 12.5. The Kier molecular flexibility index (Phi) is 3.81. The topological polar surface area (TPSA) is 12.9 Å². The van der Waals surface area contributed by atoms with Crippen LogP contribution in [0.25, 0.3) is 0 Å². The molecule has 0 aliphatic heterocycles. The van der Waals surface area contributed by atoms with E-state index in [4.69, 9.17) is 0 Å². The lowest BCUT2D eigenvalue weighted by Crippen LogP contribution is -2.24. The van der Waals surface area contributed by atoms with Crippen LogP contribution in [0.2, 0.25) is 0 Å². The summed E-state index contributed by atoms with van der Waals surface area (Å²) in [7, 11) is 0. The second-order valence-corrected chi connectivity index (χ2v) is 5.96. The van der Waals surface area contributed by atoms with Crippen LogP contribution in [0.1, 0.15) is 68.5 Å². The van der Waals surface area contributed by atoms with Crippen LogP contribution in [-0.4, -0.2) is 10.9 Å². The zero-order valence-corrected chi connectivity index (χ0v) is 11.2. The Balaban J connectivity index is 2.09. The van der Waals surface area contributed by atoms with E-state index in [9.17, 15) is 8.78 Å². The zero-order valence-electron chi connectivity index (χ0n) is 10.4. The van der Waals surface area contributed by atoms with Gasteiger partial charge in [-0.1, -0.05) is 13.8 Å². The summed E-state index contributed by atoms with van der Waals surface area (Å²) in [6.07, 6.45) is 2.57. The highest BCUT2D eigenvalue weighted by atomic mass is 32.1. The van der Waals surface area contributed by atoms with Crippen molar-refractivity contribution in [2.24, 2.45) is 0 Å². The predicted molar refractivity (Wildman–Crippen MR) is 67.0 cm³/mol. The van der Waals surface area contributed by atoms with Crippen molar-refractivity contribution in [1.82, 2.24) is 4.98 Å². The van der Waals surface area contributed by atoms with E-state index >= 15 is 0 Å². The van der Waals surface area contributed by atoms with Gasteiger partial charge >= 0.3 is 0 Å². The van der Waals surface area contributed by atoms with Gasteiger partial charge in [0, 0.05) is 24.1 Å². The van der Waals surface area contributed by atoms with Crippen molar-refractivity contribution in [2.75, 3.05) is 0 Å². The van der Waals surface area contributed by atoms with Crippen LogP contribution in [0.5, 0.6) is 0 Å². The van der Waals surface area contributed by atoms with Crippen molar-refractivity contribution in [3.63, 3.8) is 0 Å². The first-order valence-corrected chi connectivity index (χ1v) is 7.23. The molecule has 2 rings (SSSR count). The van der Waals surface area contributed by atoms with Gasteiger partial charge < -0.3 is 0 Å². The number of alkyl halides is 2. The van der Waals surface area contributed by atoms with Gasteiger partial charge in [-0.3, -0.25) is 0 Å². The summed E-state index contributed by atoms with van der Waals surface area (Å²) in [4.78, 5) is 4.56. The molecular weight excluding hydrogens is 240 g/mol. The van der Waals surface area contributed by atoms with Gasteiger partial charge in [-0.15, -0.1) is 11.3 Å². The van der Waals surface area contributed by atoms with E-state index < -0.39 is 5.92 Å². The van der Waals surface area contributed by atoms with E-state index in [1.165, 1.54) is 0 Å². The summed E-state index contributed by atoms with van der Waals surface area (Å²) in [6.45, 7) is 4.26. The number of rotatable bonds is 3. The van der Waals surface area contributed by atoms with E-state index in [2.05, 4.69) is 18.8 Å². The third-order valence-corrected chi connectivity index (χ3v) is 4.67. The molecular formula is C13H19F2NS. The maximum absolute atomic E-state index is 13.3. The molecule has 0 saturated heterocycles. The number of halogens is 2. The highest BCUT2D eigenvalue weighted by molar-refractivity contribution is 7.09. The van der Waals surface area contributed by atoms with Crippen molar-refractivity contribution >= 4 is 11.3 Å². The second kappa shape index (κ2) is 5.01. The van der Waals surface area contributed by atoms with Gasteiger partial charge in [0.25, 0.3) is 0 Å². The molecule has 1 aromatic heterocycles. The molecule has 2 atom stereocenters. The SMILES string of the molecule is CCC(C)c1csc(C2CCCC(F)(F)C2)n1. The highest BCUT2D eigenvalue weighted by Crippen LogP contribution is 2.42. The van der Waals surface area contributed by atoms with Crippen LogP contribution >= 0.6 is 11.3 Å². The highest BCUT2D eigenvalue weighted by Gasteiger charge is 2.37. The van der Waals surface area contributed by atoms with E-state index in [1.54, 1.807) is 11.3 Å². The molecule has 0 aromatic carbocycles. The molecule has 1 nitrogen and oxygen atoms in total. The summed E-state index contributed by atoms with van der Waals surface area (Å²) in [6, 6.07) is 0. The van der Waals surface area contributed by atoms with Gasteiger partial charge in [-0.05, 0) is 25.2 Å². The molecule has 0 bridgehead atoms. The van der Waals surface area contributed by atoms with Crippen LogP contribution in [0.3, 0.4) is 0 Å². The van der Waals surface area contributed by atoms with Crippen LogP contribution in [-0.2, 0) is 0 Å². The number of aromatic nitrogens is 1.